The Hall–Kier alpha value is -1.12. The van der Waals surface area contributed by atoms with E-state index in [-0.39, 0.29) is 17.5 Å². The van der Waals surface area contributed by atoms with E-state index in [1.54, 1.807) is 24.4 Å². The van der Waals surface area contributed by atoms with Crippen molar-refractivity contribution in [3.8, 4) is 0 Å². The van der Waals surface area contributed by atoms with Crippen molar-refractivity contribution < 1.29 is 18.3 Å². The molecule has 0 aromatic carbocycles. The molecular formula is C13H18N2O4S2. The van der Waals surface area contributed by atoms with Crippen LogP contribution in [0.2, 0.25) is 0 Å². The lowest BCUT2D eigenvalue weighted by Crippen LogP contribution is -2.46. The zero-order chi connectivity index (χ0) is 15.5. The smallest absolute Gasteiger partial charge is 0.322 e. The van der Waals surface area contributed by atoms with E-state index in [0.717, 1.165) is 0 Å². The fraction of sp³-hybridized carbons (Fsp3) is 0.538. The van der Waals surface area contributed by atoms with Gasteiger partial charge < -0.3 is 5.11 Å². The van der Waals surface area contributed by atoms with Gasteiger partial charge in [-0.2, -0.15) is 4.31 Å². The maximum Gasteiger partial charge on any atom is 0.322 e. The fourth-order valence-corrected chi connectivity index (χ4v) is 5.93. The molecule has 0 bridgehead atoms. The second-order valence-corrected chi connectivity index (χ2v) is 7.97. The third-order valence-corrected chi connectivity index (χ3v) is 6.79. The van der Waals surface area contributed by atoms with Crippen LogP contribution < -0.4 is 0 Å². The Balaban J connectivity index is 2.14. The van der Waals surface area contributed by atoms with Gasteiger partial charge in [-0.3, -0.25) is 9.78 Å². The van der Waals surface area contributed by atoms with Crippen LogP contribution in [0.25, 0.3) is 0 Å². The van der Waals surface area contributed by atoms with Crippen molar-refractivity contribution in [3.63, 3.8) is 0 Å². The average molecular weight is 330 g/mol. The van der Waals surface area contributed by atoms with E-state index in [9.17, 15) is 18.3 Å². The van der Waals surface area contributed by atoms with Crippen LogP contribution in [0.4, 0.5) is 0 Å². The van der Waals surface area contributed by atoms with Gasteiger partial charge in [-0.25, -0.2) is 8.42 Å². The highest BCUT2D eigenvalue weighted by molar-refractivity contribution is 8.01. The van der Waals surface area contributed by atoms with Gasteiger partial charge in [-0.05, 0) is 18.6 Å². The van der Waals surface area contributed by atoms with E-state index in [2.05, 4.69) is 4.98 Å². The first kappa shape index (κ1) is 16.3. The first-order valence-corrected chi connectivity index (χ1v) is 9.37. The second kappa shape index (κ2) is 6.76. The minimum atomic E-state index is -3.62. The molecule has 2 unspecified atom stereocenters. The largest absolute Gasteiger partial charge is 0.480 e. The van der Waals surface area contributed by atoms with Crippen LogP contribution in [0.15, 0.2) is 24.4 Å². The minimum Gasteiger partial charge on any atom is -0.480 e. The standard InChI is InChI=1S/C13H18N2O4S2/c1-2-12-15(11(9-20-12)13(16)17)21(18,19)8-6-10-5-3-4-7-14-10/h3-5,7,11-12H,2,6,8-9H2,1H3,(H,16,17). The van der Waals surface area contributed by atoms with Gasteiger partial charge in [0.05, 0.1) is 11.1 Å². The van der Waals surface area contributed by atoms with Crippen molar-refractivity contribution in [3.05, 3.63) is 30.1 Å². The molecule has 1 aromatic rings. The van der Waals surface area contributed by atoms with Gasteiger partial charge >= 0.3 is 5.97 Å². The number of carboxylic acids is 1. The lowest BCUT2D eigenvalue weighted by Gasteiger charge is -2.25. The Morgan fingerprint density at radius 2 is 2.29 bits per heavy atom. The summed E-state index contributed by atoms with van der Waals surface area (Å²) < 4.78 is 26.2. The second-order valence-electron chi connectivity index (χ2n) is 4.77. The number of nitrogens with zero attached hydrogens (tertiary/aromatic N) is 2. The first-order chi connectivity index (χ1) is 9.95. The summed E-state index contributed by atoms with van der Waals surface area (Å²) in [4.78, 5) is 15.4. The lowest BCUT2D eigenvalue weighted by atomic mass is 10.3. The van der Waals surface area contributed by atoms with Gasteiger partial charge in [0.25, 0.3) is 0 Å². The molecule has 0 saturated carbocycles. The molecule has 2 rings (SSSR count). The predicted octanol–water partition coefficient (Wildman–Crippen LogP) is 1.19. The van der Waals surface area contributed by atoms with Crippen LogP contribution in [-0.4, -0.2) is 51.7 Å². The van der Waals surface area contributed by atoms with E-state index in [4.69, 9.17) is 0 Å². The maximum absolute atomic E-state index is 12.5. The van der Waals surface area contributed by atoms with Crippen LogP contribution in [0.1, 0.15) is 19.0 Å². The summed E-state index contributed by atoms with van der Waals surface area (Å²) in [7, 11) is -3.62. The summed E-state index contributed by atoms with van der Waals surface area (Å²) in [6.07, 6.45) is 2.49. The number of hydrogen-bond acceptors (Lipinski definition) is 5. The van der Waals surface area contributed by atoms with Gasteiger partial charge in [0, 0.05) is 24.1 Å². The molecule has 6 nitrogen and oxygen atoms in total. The molecule has 2 atom stereocenters. The monoisotopic (exact) mass is 330 g/mol. The Kier molecular flexibility index (Phi) is 5.23. The molecule has 1 saturated heterocycles. The van der Waals surface area contributed by atoms with E-state index in [1.165, 1.54) is 16.1 Å². The van der Waals surface area contributed by atoms with Crippen LogP contribution in [0, 0.1) is 0 Å². The summed E-state index contributed by atoms with van der Waals surface area (Å²) in [5, 5.41) is 8.92. The number of aromatic nitrogens is 1. The summed E-state index contributed by atoms with van der Waals surface area (Å²) in [6, 6.07) is 4.37. The summed E-state index contributed by atoms with van der Waals surface area (Å²) in [5.41, 5.74) is 0.688. The normalized spacial score (nSPS) is 23.3. The molecule has 21 heavy (non-hydrogen) atoms. The third-order valence-electron chi connectivity index (χ3n) is 3.34. The number of pyridine rings is 1. The minimum absolute atomic E-state index is 0.120. The summed E-state index contributed by atoms with van der Waals surface area (Å²) in [6.45, 7) is 1.86. The molecule has 116 valence electrons. The molecular weight excluding hydrogens is 312 g/mol. The molecule has 1 fully saturated rings. The molecule has 0 spiro atoms. The van der Waals surface area contributed by atoms with Crippen molar-refractivity contribution in [2.45, 2.75) is 31.2 Å². The van der Waals surface area contributed by atoms with Crippen molar-refractivity contribution in [1.29, 1.82) is 0 Å². The van der Waals surface area contributed by atoms with E-state index < -0.39 is 22.0 Å². The maximum atomic E-state index is 12.5. The SMILES string of the molecule is CCC1SCC(C(=O)O)N1S(=O)(=O)CCc1ccccn1. The van der Waals surface area contributed by atoms with E-state index >= 15 is 0 Å². The van der Waals surface area contributed by atoms with Gasteiger partial charge in [0.15, 0.2) is 0 Å². The molecule has 1 aliphatic rings. The first-order valence-electron chi connectivity index (χ1n) is 6.71. The molecule has 0 aliphatic carbocycles. The highest BCUT2D eigenvalue weighted by Crippen LogP contribution is 2.34. The van der Waals surface area contributed by atoms with Crippen molar-refractivity contribution in [1.82, 2.24) is 9.29 Å². The lowest BCUT2D eigenvalue weighted by molar-refractivity contribution is -0.140. The molecule has 1 N–H and O–H groups in total. The zero-order valence-electron chi connectivity index (χ0n) is 11.7. The number of hydrogen-bond donors (Lipinski definition) is 1. The summed E-state index contributed by atoms with van der Waals surface area (Å²) >= 11 is 1.39. The number of aryl methyl sites for hydroxylation is 1. The average Bonchev–Trinajstić information content (AvgIpc) is 2.91. The molecule has 2 heterocycles. The highest BCUT2D eigenvalue weighted by Gasteiger charge is 2.44. The highest BCUT2D eigenvalue weighted by atomic mass is 32.2. The fourth-order valence-electron chi connectivity index (χ4n) is 2.29. The van der Waals surface area contributed by atoms with Crippen LogP contribution in [-0.2, 0) is 21.2 Å². The van der Waals surface area contributed by atoms with Gasteiger partial charge in [0.1, 0.15) is 6.04 Å². The van der Waals surface area contributed by atoms with Gasteiger partial charge in [-0.15, -0.1) is 11.8 Å². The number of rotatable bonds is 6. The Bertz CT molecular complexity index is 591. The molecule has 1 aromatic heterocycles. The van der Waals surface area contributed by atoms with Gasteiger partial charge in [0.2, 0.25) is 10.0 Å². The Labute approximate surface area is 128 Å². The van der Waals surface area contributed by atoms with Gasteiger partial charge in [-0.1, -0.05) is 13.0 Å². The molecule has 0 amide bonds. The Morgan fingerprint density at radius 3 is 2.86 bits per heavy atom. The number of aliphatic carboxylic acids is 1. The van der Waals surface area contributed by atoms with Crippen molar-refractivity contribution in [2.24, 2.45) is 0 Å². The molecule has 1 aliphatic heterocycles. The molecule has 0 radical (unpaired) electrons. The predicted molar refractivity (Wildman–Crippen MR) is 81.5 cm³/mol. The number of thioether (sulfide) groups is 1. The quantitative estimate of drug-likeness (QED) is 0.843. The van der Waals surface area contributed by atoms with Crippen LogP contribution in [0.5, 0.6) is 0 Å². The van der Waals surface area contributed by atoms with Crippen LogP contribution >= 0.6 is 11.8 Å². The van der Waals surface area contributed by atoms with Crippen molar-refractivity contribution >= 4 is 27.8 Å². The number of carbonyl (C=O) groups is 1. The molecule has 8 heteroatoms. The number of carboxylic acid groups (broad SMARTS) is 1. The topological polar surface area (TPSA) is 87.6 Å². The third kappa shape index (κ3) is 3.75. The summed E-state index contributed by atoms with van der Waals surface area (Å²) in [5.74, 6) is -0.901. The van der Waals surface area contributed by atoms with E-state index in [0.29, 0.717) is 17.9 Å². The van der Waals surface area contributed by atoms with E-state index in [1.807, 2.05) is 6.92 Å². The Morgan fingerprint density at radius 1 is 1.52 bits per heavy atom. The zero-order valence-corrected chi connectivity index (χ0v) is 13.3. The van der Waals surface area contributed by atoms with Crippen LogP contribution in [0.3, 0.4) is 0 Å². The number of sulfonamides is 1. The van der Waals surface area contributed by atoms with Crippen molar-refractivity contribution in [2.75, 3.05) is 11.5 Å².